The third kappa shape index (κ3) is 5.63. The van der Waals surface area contributed by atoms with Crippen LogP contribution in [0.3, 0.4) is 0 Å². The van der Waals surface area contributed by atoms with Crippen molar-refractivity contribution in [1.29, 1.82) is 0 Å². The van der Waals surface area contributed by atoms with Gasteiger partial charge in [0, 0.05) is 23.8 Å². The molecule has 1 N–H and O–H groups in total. The summed E-state index contributed by atoms with van der Waals surface area (Å²) in [7, 11) is 4.08. The average Bonchev–Trinajstić information content (AvgIpc) is 3.03. The highest BCUT2D eigenvalue weighted by molar-refractivity contribution is 7.99. The number of ether oxygens (including phenoxy) is 1. The van der Waals surface area contributed by atoms with Crippen molar-refractivity contribution in [1.82, 2.24) is 10.2 Å². The van der Waals surface area contributed by atoms with Gasteiger partial charge in [-0.3, -0.25) is 4.79 Å². The van der Waals surface area contributed by atoms with Gasteiger partial charge in [0.2, 0.25) is 0 Å². The summed E-state index contributed by atoms with van der Waals surface area (Å²) in [6.45, 7) is 2.57. The van der Waals surface area contributed by atoms with Crippen LogP contribution in [-0.2, 0) is 4.74 Å². The first kappa shape index (κ1) is 17.3. The average molecular weight is 322 g/mol. The molecule has 1 aromatic rings. The minimum absolute atomic E-state index is 0.0224. The number of nitrogens with one attached hydrogen (secondary N) is 1. The first-order valence-electron chi connectivity index (χ1n) is 7.93. The van der Waals surface area contributed by atoms with Crippen LogP contribution >= 0.6 is 11.8 Å². The number of carbonyl (C=O) groups is 1. The summed E-state index contributed by atoms with van der Waals surface area (Å²) in [5.74, 6) is 0.944. The highest BCUT2D eigenvalue weighted by Crippen LogP contribution is 2.26. The van der Waals surface area contributed by atoms with Crippen molar-refractivity contribution in [2.75, 3.05) is 39.5 Å². The lowest BCUT2D eigenvalue weighted by Crippen LogP contribution is -2.27. The second-order valence-electron chi connectivity index (χ2n) is 5.85. The first-order chi connectivity index (χ1) is 10.7. The van der Waals surface area contributed by atoms with Crippen molar-refractivity contribution < 1.29 is 9.53 Å². The first-order valence-corrected chi connectivity index (χ1v) is 8.91. The molecule has 1 aliphatic rings. The molecule has 0 radical (unpaired) electrons. The molecule has 0 saturated carbocycles. The fourth-order valence-corrected chi connectivity index (χ4v) is 3.55. The van der Waals surface area contributed by atoms with E-state index < -0.39 is 0 Å². The number of hydrogen-bond acceptors (Lipinski definition) is 4. The van der Waals surface area contributed by atoms with Gasteiger partial charge in [-0.05, 0) is 52.0 Å². The minimum atomic E-state index is 0.0224. The summed E-state index contributed by atoms with van der Waals surface area (Å²) >= 11 is 1.72. The summed E-state index contributed by atoms with van der Waals surface area (Å²) in [6, 6.07) is 7.83. The Labute approximate surface area is 137 Å². The topological polar surface area (TPSA) is 41.6 Å². The number of thioether (sulfide) groups is 1. The molecule has 1 amide bonds. The summed E-state index contributed by atoms with van der Waals surface area (Å²) in [6.07, 6.45) is 3.58. The molecule has 122 valence electrons. The Kier molecular flexibility index (Phi) is 7.22. The summed E-state index contributed by atoms with van der Waals surface area (Å²) < 4.78 is 5.65. The maximum Gasteiger partial charge on any atom is 0.252 e. The standard InChI is InChI=1S/C17H26N2O2S/c1-19(2)11-6-10-18-17(20)15-8-3-4-9-16(15)22-13-14-7-5-12-21-14/h3-4,8-9,14H,5-7,10-13H2,1-2H3,(H,18,20). The van der Waals surface area contributed by atoms with Gasteiger partial charge in [0.1, 0.15) is 0 Å². The molecular formula is C17H26N2O2S. The van der Waals surface area contributed by atoms with Gasteiger partial charge in [-0.15, -0.1) is 11.8 Å². The molecule has 4 nitrogen and oxygen atoms in total. The zero-order valence-electron chi connectivity index (χ0n) is 13.5. The molecule has 0 aliphatic carbocycles. The number of carbonyl (C=O) groups excluding carboxylic acids is 1. The molecule has 0 spiro atoms. The Balaban J connectivity index is 1.84. The third-order valence-corrected chi connectivity index (χ3v) is 4.85. The van der Waals surface area contributed by atoms with Crippen molar-refractivity contribution in [3.05, 3.63) is 29.8 Å². The van der Waals surface area contributed by atoms with E-state index in [9.17, 15) is 4.79 Å². The summed E-state index contributed by atoms with van der Waals surface area (Å²) in [5.41, 5.74) is 0.773. The van der Waals surface area contributed by atoms with Crippen LogP contribution in [0.1, 0.15) is 29.6 Å². The van der Waals surface area contributed by atoms with Crippen molar-refractivity contribution in [3.63, 3.8) is 0 Å². The molecule has 22 heavy (non-hydrogen) atoms. The van der Waals surface area contributed by atoms with E-state index in [0.717, 1.165) is 48.6 Å². The Hall–Kier alpha value is -1.04. The normalized spacial score (nSPS) is 17.9. The van der Waals surface area contributed by atoms with Gasteiger partial charge in [0.25, 0.3) is 5.91 Å². The SMILES string of the molecule is CN(C)CCCNC(=O)c1ccccc1SCC1CCCO1. The second kappa shape index (κ2) is 9.18. The molecule has 0 bridgehead atoms. The third-order valence-electron chi connectivity index (χ3n) is 3.65. The number of nitrogens with zero attached hydrogens (tertiary/aromatic N) is 1. The molecule has 2 rings (SSSR count). The fraction of sp³-hybridized carbons (Fsp3) is 0.588. The van der Waals surface area contributed by atoms with E-state index in [0.29, 0.717) is 12.6 Å². The lowest BCUT2D eigenvalue weighted by Gasteiger charge is -2.13. The second-order valence-corrected chi connectivity index (χ2v) is 6.92. The number of amides is 1. The van der Waals surface area contributed by atoms with Crippen LogP contribution in [0, 0.1) is 0 Å². The largest absolute Gasteiger partial charge is 0.377 e. The van der Waals surface area contributed by atoms with Gasteiger partial charge in [-0.25, -0.2) is 0 Å². The maximum absolute atomic E-state index is 12.3. The van der Waals surface area contributed by atoms with Gasteiger partial charge in [-0.2, -0.15) is 0 Å². The lowest BCUT2D eigenvalue weighted by atomic mass is 10.2. The molecule has 0 aromatic heterocycles. The molecule has 1 unspecified atom stereocenters. The predicted molar refractivity (Wildman–Crippen MR) is 91.6 cm³/mol. The number of rotatable bonds is 8. The molecular weight excluding hydrogens is 296 g/mol. The van der Waals surface area contributed by atoms with E-state index in [1.807, 2.05) is 38.4 Å². The van der Waals surface area contributed by atoms with Crippen LogP contribution in [0.25, 0.3) is 0 Å². The van der Waals surface area contributed by atoms with Crippen LogP contribution in [0.2, 0.25) is 0 Å². The van der Waals surface area contributed by atoms with E-state index in [-0.39, 0.29) is 5.91 Å². The predicted octanol–water partition coefficient (Wildman–Crippen LogP) is 2.64. The minimum Gasteiger partial charge on any atom is -0.377 e. The molecule has 1 aliphatic heterocycles. The molecule has 1 atom stereocenters. The quantitative estimate of drug-likeness (QED) is 0.590. The van der Waals surface area contributed by atoms with Gasteiger partial charge in [0.15, 0.2) is 0 Å². The zero-order valence-corrected chi connectivity index (χ0v) is 14.3. The van der Waals surface area contributed by atoms with E-state index >= 15 is 0 Å². The van der Waals surface area contributed by atoms with Crippen LogP contribution < -0.4 is 5.32 Å². The molecule has 5 heteroatoms. The molecule has 1 heterocycles. The van der Waals surface area contributed by atoms with E-state index in [1.54, 1.807) is 11.8 Å². The number of benzene rings is 1. The number of hydrogen-bond donors (Lipinski definition) is 1. The maximum atomic E-state index is 12.3. The van der Waals surface area contributed by atoms with E-state index in [1.165, 1.54) is 0 Å². The fourth-order valence-electron chi connectivity index (χ4n) is 2.43. The van der Waals surface area contributed by atoms with Crippen LogP contribution in [0.15, 0.2) is 29.2 Å². The highest BCUT2D eigenvalue weighted by Gasteiger charge is 2.17. The Morgan fingerprint density at radius 3 is 2.95 bits per heavy atom. The molecule has 1 saturated heterocycles. The molecule has 1 fully saturated rings. The molecule has 1 aromatic carbocycles. The van der Waals surface area contributed by atoms with Crippen LogP contribution in [0.4, 0.5) is 0 Å². The van der Waals surface area contributed by atoms with Crippen molar-refractivity contribution in [2.45, 2.75) is 30.3 Å². The Morgan fingerprint density at radius 1 is 1.41 bits per heavy atom. The van der Waals surface area contributed by atoms with Crippen molar-refractivity contribution >= 4 is 17.7 Å². The van der Waals surface area contributed by atoms with E-state index in [2.05, 4.69) is 10.2 Å². The zero-order chi connectivity index (χ0) is 15.8. The van der Waals surface area contributed by atoms with Crippen LogP contribution in [-0.4, -0.2) is 56.5 Å². The van der Waals surface area contributed by atoms with Crippen molar-refractivity contribution in [2.24, 2.45) is 0 Å². The lowest BCUT2D eigenvalue weighted by molar-refractivity contribution is 0.0949. The summed E-state index contributed by atoms with van der Waals surface area (Å²) in [5, 5.41) is 3.01. The highest BCUT2D eigenvalue weighted by atomic mass is 32.2. The Morgan fingerprint density at radius 2 is 2.23 bits per heavy atom. The van der Waals surface area contributed by atoms with Gasteiger partial charge < -0.3 is 15.0 Å². The van der Waals surface area contributed by atoms with Gasteiger partial charge in [-0.1, -0.05) is 12.1 Å². The van der Waals surface area contributed by atoms with E-state index in [4.69, 9.17) is 4.74 Å². The smallest absolute Gasteiger partial charge is 0.252 e. The van der Waals surface area contributed by atoms with Crippen LogP contribution in [0.5, 0.6) is 0 Å². The Bertz CT molecular complexity index is 473. The summed E-state index contributed by atoms with van der Waals surface area (Å²) in [4.78, 5) is 15.5. The van der Waals surface area contributed by atoms with Gasteiger partial charge in [0.05, 0.1) is 11.7 Å². The monoisotopic (exact) mass is 322 g/mol. The van der Waals surface area contributed by atoms with Crippen molar-refractivity contribution in [3.8, 4) is 0 Å². The van der Waals surface area contributed by atoms with Gasteiger partial charge >= 0.3 is 0 Å².